The molecule has 0 fully saturated rings. The van der Waals surface area contributed by atoms with Gasteiger partial charge in [0.1, 0.15) is 11.5 Å². The van der Waals surface area contributed by atoms with Crippen LogP contribution in [0.2, 0.25) is 0 Å². The number of aryl methyl sites for hydroxylation is 1. The zero-order chi connectivity index (χ0) is 15.8. The number of nitrogens with one attached hydrogen (secondary N) is 1. The molecule has 2 aromatic carbocycles. The normalized spacial score (nSPS) is 16.5. The second-order valence-corrected chi connectivity index (χ2v) is 5.80. The van der Waals surface area contributed by atoms with E-state index in [2.05, 4.69) is 10.5 Å². The van der Waals surface area contributed by atoms with Crippen LogP contribution in [0, 0.1) is 5.82 Å². The van der Waals surface area contributed by atoms with Gasteiger partial charge in [-0.1, -0.05) is 23.4 Å². The van der Waals surface area contributed by atoms with Gasteiger partial charge in [-0.3, -0.25) is 4.79 Å². The largest absolute Gasteiger partial charge is 0.356 e. The number of benzene rings is 2. The van der Waals surface area contributed by atoms with Gasteiger partial charge < -0.3 is 9.84 Å². The van der Waals surface area contributed by atoms with Gasteiger partial charge in [0.05, 0.1) is 12.5 Å². The van der Waals surface area contributed by atoms with Crippen molar-refractivity contribution in [1.29, 1.82) is 0 Å². The first-order chi connectivity index (χ1) is 11.2. The van der Waals surface area contributed by atoms with Crippen molar-refractivity contribution in [3.63, 3.8) is 0 Å². The summed E-state index contributed by atoms with van der Waals surface area (Å²) in [7, 11) is 0. The van der Waals surface area contributed by atoms with Crippen LogP contribution in [0.15, 0.2) is 47.0 Å². The van der Waals surface area contributed by atoms with E-state index in [-0.39, 0.29) is 24.2 Å². The Morgan fingerprint density at radius 3 is 3.09 bits per heavy atom. The lowest BCUT2D eigenvalue weighted by molar-refractivity contribution is -0.121. The van der Waals surface area contributed by atoms with E-state index < -0.39 is 0 Å². The smallest absolute Gasteiger partial charge is 0.226 e. The number of aromatic nitrogens is 1. The van der Waals surface area contributed by atoms with Crippen molar-refractivity contribution in [1.82, 2.24) is 10.5 Å². The molecule has 0 saturated heterocycles. The Labute approximate surface area is 132 Å². The van der Waals surface area contributed by atoms with Crippen LogP contribution in [-0.2, 0) is 17.6 Å². The minimum Gasteiger partial charge on any atom is -0.356 e. The highest BCUT2D eigenvalue weighted by atomic mass is 19.1. The summed E-state index contributed by atoms with van der Waals surface area (Å²) in [6.07, 6.45) is 1.75. The first-order valence-electron chi connectivity index (χ1n) is 7.62. The molecule has 0 aliphatic heterocycles. The van der Waals surface area contributed by atoms with Crippen molar-refractivity contribution >= 4 is 16.9 Å². The Balaban J connectivity index is 1.49. The van der Waals surface area contributed by atoms with Crippen molar-refractivity contribution in [2.45, 2.75) is 25.3 Å². The van der Waals surface area contributed by atoms with E-state index in [4.69, 9.17) is 4.52 Å². The Kier molecular flexibility index (Phi) is 3.33. The van der Waals surface area contributed by atoms with Crippen LogP contribution < -0.4 is 5.32 Å². The molecule has 1 aromatic heterocycles. The highest BCUT2D eigenvalue weighted by Gasteiger charge is 2.24. The van der Waals surface area contributed by atoms with Crippen molar-refractivity contribution in [2.24, 2.45) is 0 Å². The predicted octanol–water partition coefficient (Wildman–Crippen LogP) is 3.31. The minimum absolute atomic E-state index is 0.0590. The summed E-state index contributed by atoms with van der Waals surface area (Å²) in [5.74, 6) is -0.337. The number of fused-ring (bicyclic) bond motifs is 2. The third kappa shape index (κ3) is 2.59. The molecule has 1 aliphatic carbocycles. The molecule has 3 aromatic rings. The lowest BCUT2D eigenvalue weighted by atomic mass is 10.1. The molecule has 0 spiro atoms. The number of hydrogen-bond acceptors (Lipinski definition) is 3. The van der Waals surface area contributed by atoms with Crippen LogP contribution >= 0.6 is 0 Å². The molecule has 0 radical (unpaired) electrons. The summed E-state index contributed by atoms with van der Waals surface area (Å²) in [6, 6.07) is 12.2. The molecular formula is C18H15FN2O2. The fourth-order valence-electron chi connectivity index (χ4n) is 3.20. The zero-order valence-electron chi connectivity index (χ0n) is 12.4. The molecule has 1 heterocycles. The Bertz CT molecular complexity index is 888. The molecule has 1 N–H and O–H groups in total. The van der Waals surface area contributed by atoms with Gasteiger partial charge in [-0.05, 0) is 48.2 Å². The lowest BCUT2D eigenvalue weighted by Crippen LogP contribution is -2.28. The average molecular weight is 310 g/mol. The molecule has 0 saturated carbocycles. The summed E-state index contributed by atoms with van der Waals surface area (Å²) in [4.78, 5) is 12.3. The number of rotatable bonds is 3. The highest BCUT2D eigenvalue weighted by molar-refractivity contribution is 5.86. The van der Waals surface area contributed by atoms with Crippen LogP contribution in [0.5, 0.6) is 0 Å². The molecule has 1 amide bonds. The topological polar surface area (TPSA) is 55.1 Å². The number of carbonyl (C=O) groups excluding carboxylic acids is 1. The van der Waals surface area contributed by atoms with Gasteiger partial charge in [0.15, 0.2) is 5.58 Å². The maximum absolute atomic E-state index is 13.2. The van der Waals surface area contributed by atoms with Crippen LogP contribution in [0.4, 0.5) is 4.39 Å². The zero-order valence-corrected chi connectivity index (χ0v) is 12.4. The number of hydrogen-bond donors (Lipinski definition) is 1. The number of para-hydroxylation sites is 1. The van der Waals surface area contributed by atoms with E-state index in [1.54, 1.807) is 12.1 Å². The van der Waals surface area contributed by atoms with Crippen LogP contribution in [0.3, 0.4) is 0 Å². The van der Waals surface area contributed by atoms with E-state index in [1.165, 1.54) is 6.07 Å². The maximum Gasteiger partial charge on any atom is 0.226 e. The summed E-state index contributed by atoms with van der Waals surface area (Å²) in [6.45, 7) is 0. The van der Waals surface area contributed by atoms with Crippen LogP contribution in [0.1, 0.15) is 29.3 Å². The maximum atomic E-state index is 13.2. The predicted molar refractivity (Wildman–Crippen MR) is 83.3 cm³/mol. The van der Waals surface area contributed by atoms with E-state index in [0.29, 0.717) is 11.3 Å². The fraction of sp³-hybridized carbons (Fsp3) is 0.222. The van der Waals surface area contributed by atoms with E-state index in [0.717, 1.165) is 29.4 Å². The third-order valence-electron chi connectivity index (χ3n) is 4.30. The van der Waals surface area contributed by atoms with E-state index >= 15 is 0 Å². The lowest BCUT2D eigenvalue weighted by Gasteiger charge is -2.13. The van der Waals surface area contributed by atoms with Gasteiger partial charge in [-0.15, -0.1) is 0 Å². The molecule has 0 unspecified atom stereocenters. The average Bonchev–Trinajstić information content (AvgIpc) is 3.12. The molecular weight excluding hydrogens is 295 g/mol. The number of amides is 1. The van der Waals surface area contributed by atoms with Gasteiger partial charge in [0, 0.05) is 5.39 Å². The molecule has 1 atom stereocenters. The number of nitrogens with zero attached hydrogens (tertiary/aromatic N) is 1. The number of carbonyl (C=O) groups is 1. The van der Waals surface area contributed by atoms with E-state index in [9.17, 15) is 9.18 Å². The van der Waals surface area contributed by atoms with Crippen molar-refractivity contribution < 1.29 is 13.7 Å². The monoisotopic (exact) mass is 310 g/mol. The van der Waals surface area contributed by atoms with Gasteiger partial charge in [-0.25, -0.2) is 4.39 Å². The van der Waals surface area contributed by atoms with Crippen LogP contribution in [0.25, 0.3) is 11.0 Å². The van der Waals surface area contributed by atoms with E-state index in [1.807, 2.05) is 24.3 Å². The highest BCUT2D eigenvalue weighted by Crippen LogP contribution is 2.31. The Morgan fingerprint density at radius 1 is 1.30 bits per heavy atom. The van der Waals surface area contributed by atoms with Crippen molar-refractivity contribution in [3.05, 3.63) is 65.1 Å². The Morgan fingerprint density at radius 2 is 2.17 bits per heavy atom. The Hall–Kier alpha value is -2.69. The summed E-state index contributed by atoms with van der Waals surface area (Å²) in [5, 5.41) is 7.85. The molecule has 0 bridgehead atoms. The molecule has 4 nitrogen and oxygen atoms in total. The molecule has 5 heteroatoms. The fourth-order valence-corrected chi connectivity index (χ4v) is 3.20. The van der Waals surface area contributed by atoms with Crippen LogP contribution in [-0.4, -0.2) is 11.1 Å². The molecule has 1 aliphatic rings. The summed E-state index contributed by atoms with van der Waals surface area (Å²) >= 11 is 0. The summed E-state index contributed by atoms with van der Waals surface area (Å²) < 4.78 is 18.5. The van der Waals surface area contributed by atoms with Gasteiger partial charge in [0.2, 0.25) is 5.91 Å². The minimum atomic E-state index is -0.232. The molecule has 23 heavy (non-hydrogen) atoms. The van der Waals surface area contributed by atoms with Gasteiger partial charge >= 0.3 is 0 Å². The standard InChI is InChI=1S/C18H15FN2O2/c19-12-6-7-13-11(9-12)5-8-15(13)20-18(22)10-16-14-3-1-2-4-17(14)23-21-16/h1-4,6-7,9,15H,5,8,10H2,(H,20,22)/t15-/m0/s1. The van der Waals surface area contributed by atoms with Crippen molar-refractivity contribution in [3.8, 4) is 0 Å². The van der Waals surface area contributed by atoms with Crippen molar-refractivity contribution in [2.75, 3.05) is 0 Å². The first kappa shape index (κ1) is 13.9. The second-order valence-electron chi connectivity index (χ2n) is 5.80. The SMILES string of the molecule is O=C(Cc1noc2ccccc12)N[C@H]1CCc2cc(F)ccc21. The first-order valence-corrected chi connectivity index (χ1v) is 7.62. The summed E-state index contributed by atoms with van der Waals surface area (Å²) in [5.41, 5.74) is 3.29. The quantitative estimate of drug-likeness (QED) is 0.807. The number of halogens is 1. The van der Waals surface area contributed by atoms with Gasteiger partial charge in [0.25, 0.3) is 0 Å². The third-order valence-corrected chi connectivity index (χ3v) is 4.30. The second kappa shape index (κ2) is 5.50. The van der Waals surface area contributed by atoms with Gasteiger partial charge in [-0.2, -0.15) is 0 Å². The molecule has 4 rings (SSSR count). The molecule has 116 valence electrons.